The number of likely N-dealkylation sites (N-methyl/N-ethyl adjacent to an activating group) is 1. The highest BCUT2D eigenvalue weighted by atomic mass is 16.7. The highest BCUT2D eigenvalue weighted by Gasteiger charge is 2.52. The lowest BCUT2D eigenvalue weighted by atomic mass is 9.81. The fourth-order valence-electron chi connectivity index (χ4n) is 3.86. The first-order chi connectivity index (χ1) is 15.6. The summed E-state index contributed by atoms with van der Waals surface area (Å²) in [4.78, 5) is 37.6. The molecule has 0 aromatic carbocycles. The topological polar surface area (TPSA) is 106 Å². The zero-order chi connectivity index (χ0) is 25.5. The van der Waals surface area contributed by atoms with Crippen LogP contribution in [0.4, 0.5) is 10.7 Å². The van der Waals surface area contributed by atoms with Gasteiger partial charge in [0.05, 0.1) is 17.2 Å². The molecule has 0 aliphatic carbocycles. The SMILES string of the molecule is CC(NC(=O)OC(C)(C)C)C(=O)N1CCC(N(C)c2ncc(B3OC(C)(C)C(C)(C)O3)cn2)C1. The summed E-state index contributed by atoms with van der Waals surface area (Å²) in [5, 5.41) is 2.62. The van der Waals surface area contributed by atoms with E-state index in [4.69, 9.17) is 14.0 Å². The van der Waals surface area contributed by atoms with Crippen LogP contribution in [0.1, 0.15) is 61.8 Å². The Hall–Kier alpha value is -2.40. The minimum atomic E-state index is -0.672. The highest BCUT2D eigenvalue weighted by molar-refractivity contribution is 6.61. The summed E-state index contributed by atoms with van der Waals surface area (Å²) in [5.74, 6) is 0.429. The zero-order valence-corrected chi connectivity index (χ0v) is 21.8. The van der Waals surface area contributed by atoms with E-state index in [-0.39, 0.29) is 11.9 Å². The molecule has 11 heteroatoms. The first-order valence-electron chi connectivity index (χ1n) is 11.8. The summed E-state index contributed by atoms with van der Waals surface area (Å²) in [5.41, 5.74) is -0.710. The van der Waals surface area contributed by atoms with Crippen LogP contribution in [0.2, 0.25) is 0 Å². The number of ether oxygens (including phenoxy) is 1. The van der Waals surface area contributed by atoms with E-state index in [1.165, 1.54) is 0 Å². The second kappa shape index (κ2) is 9.33. The second-order valence-electron chi connectivity index (χ2n) is 11.1. The predicted molar refractivity (Wildman–Crippen MR) is 130 cm³/mol. The molecule has 3 heterocycles. The average Bonchev–Trinajstić information content (AvgIpc) is 3.28. The van der Waals surface area contributed by atoms with Crippen molar-refractivity contribution in [1.29, 1.82) is 0 Å². The molecule has 2 aliphatic rings. The van der Waals surface area contributed by atoms with E-state index >= 15 is 0 Å². The molecule has 34 heavy (non-hydrogen) atoms. The maximum Gasteiger partial charge on any atom is 0.498 e. The lowest BCUT2D eigenvalue weighted by molar-refractivity contribution is -0.132. The Morgan fingerprint density at radius 3 is 2.29 bits per heavy atom. The number of anilines is 1. The van der Waals surface area contributed by atoms with Crippen LogP contribution < -0.4 is 15.7 Å². The number of rotatable bonds is 5. The molecule has 3 rings (SSSR count). The van der Waals surface area contributed by atoms with Crippen LogP contribution in [0.25, 0.3) is 0 Å². The van der Waals surface area contributed by atoms with Gasteiger partial charge in [0.25, 0.3) is 0 Å². The van der Waals surface area contributed by atoms with Gasteiger partial charge < -0.3 is 29.2 Å². The summed E-state index contributed by atoms with van der Waals surface area (Å²) in [7, 11) is 1.41. The van der Waals surface area contributed by atoms with Gasteiger partial charge in [0.15, 0.2) is 0 Å². The maximum atomic E-state index is 12.8. The van der Waals surface area contributed by atoms with Gasteiger partial charge in [-0.15, -0.1) is 0 Å². The van der Waals surface area contributed by atoms with Gasteiger partial charge in [-0.25, -0.2) is 14.8 Å². The first-order valence-corrected chi connectivity index (χ1v) is 11.8. The van der Waals surface area contributed by atoms with Gasteiger partial charge >= 0.3 is 13.2 Å². The van der Waals surface area contributed by atoms with Crippen molar-refractivity contribution in [1.82, 2.24) is 20.2 Å². The van der Waals surface area contributed by atoms with E-state index in [9.17, 15) is 9.59 Å². The van der Waals surface area contributed by atoms with E-state index < -0.39 is 36.1 Å². The number of hydrogen-bond acceptors (Lipinski definition) is 8. The highest BCUT2D eigenvalue weighted by Crippen LogP contribution is 2.36. The molecule has 0 bridgehead atoms. The standard InChI is InChI=1S/C23H38BN5O5/c1-15(27-20(31)32-21(2,3)4)18(30)29-11-10-17(14-29)28(9)19-25-12-16(13-26-19)24-33-22(5,6)23(7,8)34-24/h12-13,15,17H,10-11,14H2,1-9H3,(H,27,31). The molecule has 0 saturated carbocycles. The quantitative estimate of drug-likeness (QED) is 0.642. The fraction of sp³-hybridized carbons (Fsp3) is 0.739. The lowest BCUT2D eigenvalue weighted by Gasteiger charge is -2.32. The van der Waals surface area contributed by atoms with E-state index in [1.807, 2.05) is 39.6 Å². The predicted octanol–water partition coefficient (Wildman–Crippen LogP) is 1.73. The van der Waals surface area contributed by atoms with E-state index in [1.54, 1.807) is 45.0 Å². The molecule has 2 unspecified atom stereocenters. The number of likely N-dealkylation sites (tertiary alicyclic amines) is 1. The van der Waals surface area contributed by atoms with Crippen molar-refractivity contribution in [2.24, 2.45) is 0 Å². The fourth-order valence-corrected chi connectivity index (χ4v) is 3.86. The van der Waals surface area contributed by atoms with Crippen LogP contribution in [-0.4, -0.2) is 83.0 Å². The van der Waals surface area contributed by atoms with Crippen LogP contribution in [0.15, 0.2) is 12.4 Å². The van der Waals surface area contributed by atoms with Crippen molar-refractivity contribution in [2.45, 2.75) is 90.7 Å². The number of alkyl carbamates (subject to hydrolysis) is 1. The van der Waals surface area contributed by atoms with Gasteiger partial charge in [-0.05, 0) is 61.8 Å². The van der Waals surface area contributed by atoms with Gasteiger partial charge in [-0.1, -0.05) is 0 Å². The minimum absolute atomic E-state index is 0.0698. The molecule has 0 radical (unpaired) electrons. The molecule has 188 valence electrons. The number of carbonyl (C=O) groups is 2. The Balaban J connectivity index is 1.56. The van der Waals surface area contributed by atoms with Crippen LogP contribution in [0, 0.1) is 0 Å². The zero-order valence-electron chi connectivity index (χ0n) is 21.8. The molecule has 2 aliphatic heterocycles. The van der Waals surface area contributed by atoms with Gasteiger partial charge in [0.2, 0.25) is 11.9 Å². The Bertz CT molecular complexity index is 886. The minimum Gasteiger partial charge on any atom is -0.444 e. The van der Waals surface area contributed by atoms with Gasteiger partial charge in [-0.2, -0.15) is 0 Å². The van der Waals surface area contributed by atoms with E-state index in [0.29, 0.717) is 19.0 Å². The number of nitrogens with zero attached hydrogens (tertiary/aromatic N) is 4. The molecule has 2 atom stereocenters. The van der Waals surface area contributed by atoms with Gasteiger partial charge in [0, 0.05) is 38.0 Å². The van der Waals surface area contributed by atoms with Crippen molar-refractivity contribution < 1.29 is 23.6 Å². The first kappa shape index (κ1) is 26.2. The van der Waals surface area contributed by atoms with Crippen molar-refractivity contribution in [3.8, 4) is 0 Å². The summed E-state index contributed by atoms with van der Waals surface area (Å²) < 4.78 is 17.4. The van der Waals surface area contributed by atoms with E-state index in [2.05, 4.69) is 15.3 Å². The van der Waals surface area contributed by atoms with Crippen LogP contribution in [0.3, 0.4) is 0 Å². The summed E-state index contributed by atoms with van der Waals surface area (Å²) in [6.45, 7) is 16.2. The number of carbonyl (C=O) groups excluding carboxylic acids is 2. The third kappa shape index (κ3) is 5.80. The van der Waals surface area contributed by atoms with Crippen molar-refractivity contribution in [2.75, 3.05) is 25.0 Å². The number of hydrogen-bond donors (Lipinski definition) is 1. The van der Waals surface area contributed by atoms with Crippen LogP contribution in [-0.2, 0) is 18.8 Å². The Morgan fingerprint density at radius 1 is 1.21 bits per heavy atom. The Kier molecular flexibility index (Phi) is 7.20. The lowest BCUT2D eigenvalue weighted by Crippen LogP contribution is -2.48. The number of amides is 2. The van der Waals surface area contributed by atoms with Gasteiger partial charge in [0.1, 0.15) is 11.6 Å². The summed E-state index contributed by atoms with van der Waals surface area (Å²) >= 11 is 0. The van der Waals surface area contributed by atoms with Crippen molar-refractivity contribution in [3.63, 3.8) is 0 Å². The number of aromatic nitrogens is 2. The third-order valence-electron chi connectivity index (χ3n) is 6.63. The second-order valence-corrected chi connectivity index (χ2v) is 11.1. The van der Waals surface area contributed by atoms with Crippen molar-refractivity contribution in [3.05, 3.63) is 12.4 Å². The molecule has 10 nitrogen and oxygen atoms in total. The van der Waals surface area contributed by atoms with Crippen LogP contribution >= 0.6 is 0 Å². The third-order valence-corrected chi connectivity index (χ3v) is 6.63. The maximum absolute atomic E-state index is 12.8. The smallest absolute Gasteiger partial charge is 0.444 e. The molecule has 1 aromatic rings. The molecule has 0 spiro atoms. The Labute approximate surface area is 202 Å². The van der Waals surface area contributed by atoms with Crippen molar-refractivity contribution >= 4 is 30.5 Å². The molecular weight excluding hydrogens is 437 g/mol. The molecule has 2 amide bonds. The summed E-state index contributed by atoms with van der Waals surface area (Å²) in [6, 6.07) is -0.602. The number of nitrogens with one attached hydrogen (secondary N) is 1. The van der Waals surface area contributed by atoms with E-state index in [0.717, 1.165) is 11.9 Å². The molecular formula is C23H38BN5O5. The largest absolute Gasteiger partial charge is 0.498 e. The monoisotopic (exact) mass is 475 g/mol. The Morgan fingerprint density at radius 2 is 1.76 bits per heavy atom. The summed E-state index contributed by atoms with van der Waals surface area (Å²) in [6.07, 6.45) is 3.64. The van der Waals surface area contributed by atoms with Crippen LogP contribution in [0.5, 0.6) is 0 Å². The van der Waals surface area contributed by atoms with Gasteiger partial charge in [-0.3, -0.25) is 4.79 Å². The molecule has 2 saturated heterocycles. The normalized spacial score (nSPS) is 22.4. The molecule has 2 fully saturated rings. The molecule has 1 aromatic heterocycles. The molecule has 1 N–H and O–H groups in total. The average molecular weight is 475 g/mol.